The lowest BCUT2D eigenvalue weighted by molar-refractivity contribution is -0.129. The highest BCUT2D eigenvalue weighted by Gasteiger charge is 2.29. The van der Waals surface area contributed by atoms with Gasteiger partial charge in [-0.1, -0.05) is 42.1 Å². The number of aromatic amines is 1. The largest absolute Gasteiger partial charge is 0.341 e. The maximum Gasteiger partial charge on any atom is 0.240 e. The number of benzene rings is 1. The standard InChI is InChI=1S/C19H19N5OS/c25-18(24-12-4-5-13-24)16(14-6-2-1-3-7-14)26-19-21-17(22-23-19)15-8-10-20-11-9-15/h1-3,6-11,16H,4-5,12-13H2,(H,21,22,23)/t16-/m1/s1. The van der Waals surface area contributed by atoms with Gasteiger partial charge >= 0.3 is 0 Å². The number of thioether (sulfide) groups is 1. The van der Waals surface area contributed by atoms with Gasteiger partial charge in [0.05, 0.1) is 0 Å². The maximum absolute atomic E-state index is 13.1. The van der Waals surface area contributed by atoms with Crippen molar-refractivity contribution in [2.75, 3.05) is 13.1 Å². The molecule has 0 radical (unpaired) electrons. The summed E-state index contributed by atoms with van der Waals surface area (Å²) in [5.41, 5.74) is 1.89. The van der Waals surface area contributed by atoms with Crippen molar-refractivity contribution in [3.63, 3.8) is 0 Å². The van der Waals surface area contributed by atoms with E-state index in [0.29, 0.717) is 11.0 Å². The molecule has 3 aromatic rings. The van der Waals surface area contributed by atoms with Crippen LogP contribution in [0.4, 0.5) is 0 Å². The number of nitrogens with one attached hydrogen (secondary N) is 1. The molecule has 2 aromatic heterocycles. The van der Waals surface area contributed by atoms with Gasteiger partial charge in [0.2, 0.25) is 11.1 Å². The first-order valence-corrected chi connectivity index (χ1v) is 9.52. The first kappa shape index (κ1) is 16.8. The van der Waals surface area contributed by atoms with Crippen LogP contribution in [-0.2, 0) is 4.79 Å². The summed E-state index contributed by atoms with van der Waals surface area (Å²) in [7, 11) is 0. The van der Waals surface area contributed by atoms with Gasteiger partial charge in [-0.3, -0.25) is 14.9 Å². The highest BCUT2D eigenvalue weighted by Crippen LogP contribution is 2.36. The molecule has 0 unspecified atom stereocenters. The summed E-state index contributed by atoms with van der Waals surface area (Å²) >= 11 is 1.39. The van der Waals surface area contributed by atoms with Crippen molar-refractivity contribution in [2.45, 2.75) is 23.2 Å². The Bertz CT molecular complexity index is 862. The van der Waals surface area contributed by atoms with Gasteiger partial charge in [-0.05, 0) is 30.5 Å². The molecule has 0 aliphatic carbocycles. The SMILES string of the molecule is O=C([C@H](Sc1n[nH]c(-c2ccncc2)n1)c1ccccc1)N1CCCC1. The number of carbonyl (C=O) groups is 1. The molecule has 1 N–H and O–H groups in total. The fourth-order valence-electron chi connectivity index (χ4n) is 3.04. The average Bonchev–Trinajstić information content (AvgIpc) is 3.39. The Labute approximate surface area is 156 Å². The van der Waals surface area contributed by atoms with Crippen LogP contribution in [0.5, 0.6) is 0 Å². The molecule has 1 aliphatic heterocycles. The predicted molar refractivity (Wildman–Crippen MR) is 100 cm³/mol. The summed E-state index contributed by atoms with van der Waals surface area (Å²) < 4.78 is 0. The van der Waals surface area contributed by atoms with Crippen molar-refractivity contribution in [3.05, 3.63) is 60.4 Å². The molecule has 0 saturated carbocycles. The van der Waals surface area contributed by atoms with E-state index in [4.69, 9.17) is 0 Å². The Morgan fingerprint density at radius 1 is 1.08 bits per heavy atom. The highest BCUT2D eigenvalue weighted by molar-refractivity contribution is 8.00. The number of aromatic nitrogens is 4. The number of nitrogens with zero attached hydrogens (tertiary/aromatic N) is 4. The van der Waals surface area contributed by atoms with Crippen LogP contribution in [0, 0.1) is 0 Å². The summed E-state index contributed by atoms with van der Waals surface area (Å²) in [6.45, 7) is 1.66. The molecule has 7 heteroatoms. The van der Waals surface area contributed by atoms with Crippen LogP contribution in [0.1, 0.15) is 23.7 Å². The minimum Gasteiger partial charge on any atom is -0.341 e. The zero-order valence-electron chi connectivity index (χ0n) is 14.2. The molecular weight excluding hydrogens is 346 g/mol. The highest BCUT2D eigenvalue weighted by atomic mass is 32.2. The van der Waals surface area contributed by atoms with E-state index in [0.717, 1.165) is 37.1 Å². The Morgan fingerprint density at radius 3 is 2.54 bits per heavy atom. The number of rotatable bonds is 5. The van der Waals surface area contributed by atoms with E-state index < -0.39 is 0 Å². The van der Waals surface area contributed by atoms with Gasteiger partial charge in [-0.25, -0.2) is 4.98 Å². The molecule has 1 fully saturated rings. The van der Waals surface area contributed by atoms with Crippen LogP contribution >= 0.6 is 11.8 Å². The normalized spacial score (nSPS) is 15.2. The molecule has 26 heavy (non-hydrogen) atoms. The smallest absolute Gasteiger partial charge is 0.240 e. The van der Waals surface area contributed by atoms with Crippen molar-refractivity contribution in [2.24, 2.45) is 0 Å². The van der Waals surface area contributed by atoms with E-state index in [-0.39, 0.29) is 11.2 Å². The van der Waals surface area contributed by atoms with E-state index in [1.807, 2.05) is 47.4 Å². The van der Waals surface area contributed by atoms with Gasteiger partial charge in [-0.2, -0.15) is 0 Å². The minimum atomic E-state index is -0.338. The zero-order chi connectivity index (χ0) is 17.8. The fourth-order valence-corrected chi connectivity index (χ4v) is 4.03. The summed E-state index contributed by atoms with van der Waals surface area (Å²) in [6, 6.07) is 13.6. The first-order valence-electron chi connectivity index (χ1n) is 8.64. The van der Waals surface area contributed by atoms with Crippen LogP contribution in [0.2, 0.25) is 0 Å². The molecule has 4 rings (SSSR count). The second-order valence-electron chi connectivity index (χ2n) is 6.14. The number of hydrogen-bond donors (Lipinski definition) is 1. The molecule has 132 valence electrons. The molecule has 1 aromatic carbocycles. The molecule has 1 saturated heterocycles. The maximum atomic E-state index is 13.1. The predicted octanol–water partition coefficient (Wildman–Crippen LogP) is 3.32. The number of carbonyl (C=O) groups excluding carboxylic acids is 1. The summed E-state index contributed by atoms with van der Waals surface area (Å²) in [4.78, 5) is 23.6. The van der Waals surface area contributed by atoms with Crippen molar-refractivity contribution >= 4 is 17.7 Å². The zero-order valence-corrected chi connectivity index (χ0v) is 15.0. The number of likely N-dealkylation sites (tertiary alicyclic amines) is 1. The fraction of sp³-hybridized carbons (Fsp3) is 0.263. The Kier molecular flexibility index (Phi) is 4.97. The molecule has 1 atom stereocenters. The molecule has 1 amide bonds. The van der Waals surface area contributed by atoms with Crippen LogP contribution in [-0.4, -0.2) is 44.1 Å². The van der Waals surface area contributed by atoms with E-state index in [1.54, 1.807) is 12.4 Å². The molecule has 6 nitrogen and oxygen atoms in total. The lowest BCUT2D eigenvalue weighted by atomic mass is 10.1. The van der Waals surface area contributed by atoms with Crippen molar-refractivity contribution in [1.29, 1.82) is 0 Å². The topological polar surface area (TPSA) is 74.8 Å². The van der Waals surface area contributed by atoms with E-state index >= 15 is 0 Å². The van der Waals surface area contributed by atoms with Crippen LogP contribution < -0.4 is 0 Å². The molecule has 0 bridgehead atoms. The number of amides is 1. The van der Waals surface area contributed by atoms with E-state index in [1.165, 1.54) is 11.8 Å². The summed E-state index contributed by atoms with van der Waals surface area (Å²) in [5.74, 6) is 0.810. The van der Waals surface area contributed by atoms with Crippen molar-refractivity contribution < 1.29 is 4.79 Å². The van der Waals surface area contributed by atoms with Crippen molar-refractivity contribution in [1.82, 2.24) is 25.1 Å². The third-order valence-electron chi connectivity index (χ3n) is 4.39. The van der Waals surface area contributed by atoms with Crippen LogP contribution in [0.15, 0.2) is 60.0 Å². The summed E-state index contributed by atoms with van der Waals surface area (Å²) in [6.07, 6.45) is 5.58. The number of hydrogen-bond acceptors (Lipinski definition) is 5. The Hall–Kier alpha value is -2.67. The third-order valence-corrected chi connectivity index (χ3v) is 5.49. The van der Waals surface area contributed by atoms with E-state index in [2.05, 4.69) is 20.2 Å². The summed E-state index contributed by atoms with van der Waals surface area (Å²) in [5, 5.41) is 7.49. The number of pyridine rings is 1. The number of H-pyrrole nitrogens is 1. The van der Waals surface area contributed by atoms with Gasteiger partial charge in [0.1, 0.15) is 5.25 Å². The quantitative estimate of drug-likeness (QED) is 0.702. The first-order chi connectivity index (χ1) is 12.8. The van der Waals surface area contributed by atoms with Crippen LogP contribution in [0.25, 0.3) is 11.4 Å². The van der Waals surface area contributed by atoms with Crippen LogP contribution in [0.3, 0.4) is 0 Å². The average molecular weight is 365 g/mol. The molecular formula is C19H19N5OS. The lowest BCUT2D eigenvalue weighted by Gasteiger charge is -2.22. The van der Waals surface area contributed by atoms with Gasteiger partial charge in [-0.15, -0.1) is 5.10 Å². The third kappa shape index (κ3) is 3.62. The van der Waals surface area contributed by atoms with Gasteiger partial charge in [0.15, 0.2) is 5.82 Å². The van der Waals surface area contributed by atoms with Gasteiger partial charge in [0, 0.05) is 31.0 Å². The monoisotopic (exact) mass is 365 g/mol. The van der Waals surface area contributed by atoms with E-state index in [9.17, 15) is 4.79 Å². The Morgan fingerprint density at radius 2 is 1.81 bits per heavy atom. The second-order valence-corrected chi connectivity index (χ2v) is 7.22. The van der Waals surface area contributed by atoms with Gasteiger partial charge in [0.25, 0.3) is 0 Å². The molecule has 3 heterocycles. The lowest BCUT2D eigenvalue weighted by Crippen LogP contribution is -2.31. The second kappa shape index (κ2) is 7.70. The van der Waals surface area contributed by atoms with Gasteiger partial charge < -0.3 is 4.90 Å². The molecule has 1 aliphatic rings. The minimum absolute atomic E-state index is 0.133. The molecule has 0 spiro atoms. The van der Waals surface area contributed by atoms with Crippen molar-refractivity contribution in [3.8, 4) is 11.4 Å². The Balaban J connectivity index is 1.59.